The van der Waals surface area contributed by atoms with Crippen LogP contribution in [0.3, 0.4) is 0 Å². The molecule has 0 amide bonds. The van der Waals surface area contributed by atoms with Crippen LogP contribution in [0, 0.1) is 0 Å². The van der Waals surface area contributed by atoms with E-state index in [1.807, 2.05) is 29.6 Å². The molecule has 0 saturated carbocycles. The molecule has 7 heteroatoms. The van der Waals surface area contributed by atoms with Gasteiger partial charge in [0.25, 0.3) is 0 Å². The van der Waals surface area contributed by atoms with Crippen molar-refractivity contribution in [1.82, 2.24) is 25.4 Å². The average Bonchev–Trinajstić information content (AvgIpc) is 3.07. The summed E-state index contributed by atoms with van der Waals surface area (Å²) in [5.74, 6) is 1.92. The first-order valence-corrected chi connectivity index (χ1v) is 9.18. The second-order valence-corrected chi connectivity index (χ2v) is 7.44. The highest BCUT2D eigenvalue weighted by Crippen LogP contribution is 2.21. The first-order chi connectivity index (χ1) is 11.7. The summed E-state index contributed by atoms with van der Waals surface area (Å²) in [7, 11) is 1.81. The third-order valence-electron chi connectivity index (χ3n) is 4.01. The highest BCUT2D eigenvalue weighted by molar-refractivity contribution is 8.00. The fourth-order valence-corrected chi connectivity index (χ4v) is 3.70. The van der Waals surface area contributed by atoms with Crippen molar-refractivity contribution in [3.05, 3.63) is 42.5 Å². The lowest BCUT2D eigenvalue weighted by molar-refractivity contribution is 0.393. The minimum Gasteiger partial charge on any atom is -0.355 e. The molecule has 1 aliphatic heterocycles. The molecule has 3 rings (SSSR count). The number of rotatable bonds is 5. The van der Waals surface area contributed by atoms with Gasteiger partial charge in [0.15, 0.2) is 5.96 Å². The van der Waals surface area contributed by atoms with Crippen molar-refractivity contribution in [2.75, 3.05) is 13.6 Å². The Balaban J connectivity index is 1.45. The van der Waals surface area contributed by atoms with E-state index < -0.39 is 0 Å². The molecule has 2 heterocycles. The molecule has 0 bridgehead atoms. The number of thioether (sulfide) groups is 1. The number of aryl methyl sites for hydroxylation is 1. The molecule has 1 aromatic carbocycles. The van der Waals surface area contributed by atoms with Crippen LogP contribution in [0.25, 0.3) is 0 Å². The summed E-state index contributed by atoms with van der Waals surface area (Å²) in [6.07, 6.45) is 3.63. The highest BCUT2D eigenvalue weighted by atomic mass is 32.2. The Morgan fingerprint density at radius 3 is 3.04 bits per heavy atom. The molecule has 2 atom stereocenters. The van der Waals surface area contributed by atoms with Gasteiger partial charge in [0, 0.05) is 36.2 Å². The van der Waals surface area contributed by atoms with Gasteiger partial charge in [-0.25, -0.2) is 9.67 Å². The molecule has 2 aromatic rings. The summed E-state index contributed by atoms with van der Waals surface area (Å²) in [5, 5.41) is 11.6. The maximum atomic E-state index is 4.34. The quantitative estimate of drug-likeness (QED) is 0.493. The van der Waals surface area contributed by atoms with Crippen LogP contribution >= 0.6 is 11.8 Å². The van der Waals surface area contributed by atoms with Gasteiger partial charge in [0.2, 0.25) is 0 Å². The zero-order valence-corrected chi connectivity index (χ0v) is 15.0. The van der Waals surface area contributed by atoms with E-state index in [4.69, 9.17) is 0 Å². The standard InChI is InChI=1S/C17H24N6S/c1-13(24-15-6-4-3-5-7-15)10-19-17(18-2)22-14-8-9-16-20-12-21-23(16)11-14/h3-7,12-14H,8-11H2,1-2H3,(H2,18,19,22). The molecule has 1 aliphatic rings. The maximum absolute atomic E-state index is 4.34. The number of hydrogen-bond acceptors (Lipinski definition) is 4. The number of nitrogens with zero attached hydrogens (tertiary/aromatic N) is 4. The van der Waals surface area contributed by atoms with Crippen molar-refractivity contribution in [3.8, 4) is 0 Å². The Morgan fingerprint density at radius 1 is 1.42 bits per heavy atom. The molecule has 128 valence electrons. The van der Waals surface area contributed by atoms with Crippen molar-refractivity contribution in [3.63, 3.8) is 0 Å². The van der Waals surface area contributed by atoms with E-state index in [-0.39, 0.29) is 0 Å². The maximum Gasteiger partial charge on any atom is 0.191 e. The van der Waals surface area contributed by atoms with E-state index in [0.717, 1.165) is 37.7 Å². The van der Waals surface area contributed by atoms with Crippen molar-refractivity contribution in [1.29, 1.82) is 0 Å². The summed E-state index contributed by atoms with van der Waals surface area (Å²) < 4.78 is 1.97. The monoisotopic (exact) mass is 344 g/mol. The molecule has 1 aromatic heterocycles. The predicted octanol–water partition coefficient (Wildman–Crippen LogP) is 1.94. The minimum absolute atomic E-state index is 0.336. The zero-order chi connectivity index (χ0) is 16.8. The molecule has 2 N–H and O–H groups in total. The van der Waals surface area contributed by atoms with Gasteiger partial charge < -0.3 is 10.6 Å². The molecular weight excluding hydrogens is 320 g/mol. The molecule has 0 radical (unpaired) electrons. The van der Waals surface area contributed by atoms with Crippen LogP contribution in [0.15, 0.2) is 46.5 Å². The zero-order valence-electron chi connectivity index (χ0n) is 14.1. The van der Waals surface area contributed by atoms with E-state index in [9.17, 15) is 0 Å². The molecule has 0 fully saturated rings. The summed E-state index contributed by atoms with van der Waals surface area (Å²) in [6, 6.07) is 10.8. The first-order valence-electron chi connectivity index (χ1n) is 8.30. The third kappa shape index (κ3) is 4.50. The molecule has 0 saturated heterocycles. The van der Waals surface area contributed by atoms with Crippen LogP contribution in [0.2, 0.25) is 0 Å². The first kappa shape index (κ1) is 16.8. The van der Waals surface area contributed by atoms with E-state index in [1.54, 1.807) is 6.33 Å². The molecule has 2 unspecified atom stereocenters. The molecule has 0 spiro atoms. The molecular formula is C17H24N6S. The number of nitrogens with one attached hydrogen (secondary N) is 2. The van der Waals surface area contributed by atoms with Gasteiger partial charge in [-0.3, -0.25) is 4.99 Å². The van der Waals surface area contributed by atoms with E-state index in [2.05, 4.69) is 56.9 Å². The van der Waals surface area contributed by atoms with Crippen molar-refractivity contribution in [2.24, 2.45) is 4.99 Å². The number of fused-ring (bicyclic) bond motifs is 1. The topological polar surface area (TPSA) is 67.1 Å². The fourth-order valence-electron chi connectivity index (χ4n) is 2.76. The average molecular weight is 344 g/mol. The molecule has 24 heavy (non-hydrogen) atoms. The van der Waals surface area contributed by atoms with E-state index in [0.29, 0.717) is 11.3 Å². The fraction of sp³-hybridized carbons (Fsp3) is 0.471. The van der Waals surface area contributed by atoms with Gasteiger partial charge in [0.05, 0.1) is 6.54 Å². The summed E-state index contributed by atoms with van der Waals surface area (Å²) >= 11 is 1.87. The van der Waals surface area contributed by atoms with E-state index >= 15 is 0 Å². The summed E-state index contributed by atoms with van der Waals surface area (Å²) in [5.41, 5.74) is 0. The Labute approximate surface area is 147 Å². The molecule has 0 aliphatic carbocycles. The Hall–Kier alpha value is -2.02. The Kier molecular flexibility index (Phi) is 5.74. The van der Waals surface area contributed by atoms with Crippen LogP contribution in [-0.4, -0.2) is 45.6 Å². The van der Waals surface area contributed by atoms with Crippen LogP contribution in [-0.2, 0) is 13.0 Å². The third-order valence-corrected chi connectivity index (χ3v) is 5.12. The van der Waals surface area contributed by atoms with Gasteiger partial charge in [-0.05, 0) is 18.6 Å². The van der Waals surface area contributed by atoms with Crippen molar-refractivity contribution in [2.45, 2.75) is 42.5 Å². The summed E-state index contributed by atoms with van der Waals surface area (Å²) in [4.78, 5) is 9.90. The van der Waals surface area contributed by atoms with E-state index in [1.165, 1.54) is 4.90 Å². The van der Waals surface area contributed by atoms with Crippen LogP contribution in [0.4, 0.5) is 0 Å². The largest absolute Gasteiger partial charge is 0.355 e. The second-order valence-electron chi connectivity index (χ2n) is 5.93. The summed E-state index contributed by atoms with van der Waals surface area (Å²) in [6.45, 7) is 3.92. The minimum atomic E-state index is 0.336. The van der Waals surface area contributed by atoms with Gasteiger partial charge in [-0.15, -0.1) is 11.8 Å². The lowest BCUT2D eigenvalue weighted by Gasteiger charge is -2.26. The van der Waals surface area contributed by atoms with Crippen LogP contribution < -0.4 is 10.6 Å². The van der Waals surface area contributed by atoms with Gasteiger partial charge in [-0.1, -0.05) is 25.1 Å². The normalized spacial score (nSPS) is 18.8. The number of aliphatic imine (C=N–C) groups is 1. The Morgan fingerprint density at radius 2 is 2.25 bits per heavy atom. The van der Waals surface area contributed by atoms with Crippen LogP contribution in [0.1, 0.15) is 19.2 Å². The Bertz CT molecular complexity index is 669. The number of aromatic nitrogens is 3. The van der Waals surface area contributed by atoms with Gasteiger partial charge in [0.1, 0.15) is 12.2 Å². The lowest BCUT2D eigenvalue weighted by Crippen LogP contribution is -2.48. The second kappa shape index (κ2) is 8.19. The van der Waals surface area contributed by atoms with Crippen molar-refractivity contribution >= 4 is 17.7 Å². The van der Waals surface area contributed by atoms with Crippen LogP contribution in [0.5, 0.6) is 0 Å². The number of hydrogen-bond donors (Lipinski definition) is 2. The van der Waals surface area contributed by atoms with Gasteiger partial charge >= 0.3 is 0 Å². The lowest BCUT2D eigenvalue weighted by atomic mass is 10.1. The SMILES string of the molecule is CN=C(NCC(C)Sc1ccccc1)NC1CCc2ncnn2C1. The number of benzene rings is 1. The number of guanidine groups is 1. The van der Waals surface area contributed by atoms with Crippen molar-refractivity contribution < 1.29 is 0 Å². The molecule has 6 nitrogen and oxygen atoms in total. The smallest absolute Gasteiger partial charge is 0.191 e. The predicted molar refractivity (Wildman–Crippen MR) is 98.4 cm³/mol. The van der Waals surface area contributed by atoms with Gasteiger partial charge in [-0.2, -0.15) is 5.10 Å². The highest BCUT2D eigenvalue weighted by Gasteiger charge is 2.20.